The van der Waals surface area contributed by atoms with Gasteiger partial charge in [0.2, 0.25) is 5.78 Å². The molecular weight excluding hydrogens is 306 g/mol. The van der Waals surface area contributed by atoms with Gasteiger partial charge >= 0.3 is 0 Å². The Bertz CT molecular complexity index is 678. The van der Waals surface area contributed by atoms with Gasteiger partial charge in [-0.25, -0.2) is 14.4 Å². The van der Waals surface area contributed by atoms with Gasteiger partial charge in [-0.3, -0.25) is 9.59 Å². The molecule has 0 saturated heterocycles. The minimum Gasteiger partial charge on any atom is -0.294 e. The normalized spacial score (nSPS) is 10.3. The Hall–Kier alpha value is -1.85. The maximum absolute atomic E-state index is 13.3. The van der Waals surface area contributed by atoms with Gasteiger partial charge in [0, 0.05) is 12.4 Å². The van der Waals surface area contributed by atoms with Crippen LogP contribution in [0.1, 0.15) is 27.4 Å². The van der Waals surface area contributed by atoms with E-state index in [2.05, 4.69) is 9.97 Å². The molecule has 102 valence electrons. The zero-order valence-electron chi connectivity index (χ0n) is 9.94. The topological polar surface area (TPSA) is 59.9 Å². The van der Waals surface area contributed by atoms with Crippen molar-refractivity contribution in [1.29, 1.82) is 0 Å². The van der Waals surface area contributed by atoms with Crippen molar-refractivity contribution in [3.8, 4) is 0 Å². The maximum Gasteiger partial charge on any atom is 0.207 e. The van der Waals surface area contributed by atoms with Crippen LogP contribution in [0.4, 0.5) is 4.39 Å². The third-order valence-electron chi connectivity index (χ3n) is 2.46. The van der Waals surface area contributed by atoms with Crippen molar-refractivity contribution < 1.29 is 14.0 Å². The van der Waals surface area contributed by atoms with Crippen molar-refractivity contribution >= 4 is 34.8 Å². The van der Waals surface area contributed by atoms with Crippen LogP contribution < -0.4 is 0 Å². The van der Waals surface area contributed by atoms with Crippen LogP contribution in [-0.4, -0.2) is 21.5 Å². The number of hydrogen-bond acceptors (Lipinski definition) is 4. The van der Waals surface area contributed by atoms with E-state index in [-0.39, 0.29) is 16.4 Å². The summed E-state index contributed by atoms with van der Waals surface area (Å²) in [5, 5.41) is -0.410. The summed E-state index contributed by atoms with van der Waals surface area (Å²) in [6, 6.07) is 3.79. The van der Waals surface area contributed by atoms with Crippen molar-refractivity contribution in [2.24, 2.45) is 0 Å². The molecule has 1 aromatic carbocycles. The molecule has 0 amide bonds. The smallest absolute Gasteiger partial charge is 0.207 e. The first kappa shape index (κ1) is 14.6. The quantitative estimate of drug-likeness (QED) is 0.493. The lowest BCUT2D eigenvalue weighted by Crippen LogP contribution is -2.12. The highest BCUT2D eigenvalue weighted by molar-refractivity contribution is 6.40. The fourth-order valence-corrected chi connectivity index (χ4v) is 2.12. The first-order chi connectivity index (χ1) is 9.50. The highest BCUT2D eigenvalue weighted by Gasteiger charge is 2.22. The van der Waals surface area contributed by atoms with Crippen LogP contribution in [0.2, 0.25) is 10.0 Å². The fourth-order valence-electron chi connectivity index (χ4n) is 1.54. The highest BCUT2D eigenvalue weighted by Crippen LogP contribution is 2.28. The molecule has 0 saturated carbocycles. The Morgan fingerprint density at radius 2 is 1.75 bits per heavy atom. The van der Waals surface area contributed by atoms with Crippen molar-refractivity contribution in [2.45, 2.75) is 6.42 Å². The zero-order valence-corrected chi connectivity index (χ0v) is 11.5. The summed E-state index contributed by atoms with van der Waals surface area (Å²) in [5.41, 5.74) is -0.211. The number of carbonyl (C=O) groups is 2. The molecule has 7 heteroatoms. The van der Waals surface area contributed by atoms with Crippen LogP contribution in [0.3, 0.4) is 0 Å². The Balaban J connectivity index is 2.26. The first-order valence-electron chi connectivity index (χ1n) is 5.47. The van der Waals surface area contributed by atoms with Crippen molar-refractivity contribution in [1.82, 2.24) is 9.97 Å². The first-order valence-corrected chi connectivity index (χ1v) is 6.23. The summed E-state index contributed by atoms with van der Waals surface area (Å²) in [6.07, 6.45) is 2.23. The summed E-state index contributed by atoms with van der Waals surface area (Å²) < 4.78 is 13.3. The third kappa shape index (κ3) is 3.00. The molecule has 0 bridgehead atoms. The summed E-state index contributed by atoms with van der Waals surface area (Å²) in [7, 11) is 0. The molecule has 0 atom stereocenters. The van der Waals surface area contributed by atoms with E-state index in [1.54, 1.807) is 6.07 Å². The second-order valence-corrected chi connectivity index (χ2v) is 4.60. The Labute approximate surface area is 123 Å². The monoisotopic (exact) mass is 312 g/mol. The lowest BCUT2D eigenvalue weighted by molar-refractivity contribution is 0.0888. The number of benzene rings is 1. The second-order valence-electron chi connectivity index (χ2n) is 3.81. The van der Waals surface area contributed by atoms with Gasteiger partial charge in [-0.15, -0.1) is 0 Å². The van der Waals surface area contributed by atoms with Crippen LogP contribution in [-0.2, 0) is 0 Å². The molecule has 0 spiro atoms. The van der Waals surface area contributed by atoms with E-state index in [0.717, 1.165) is 6.07 Å². The number of rotatable bonds is 4. The van der Waals surface area contributed by atoms with Crippen molar-refractivity contribution in [2.75, 3.05) is 0 Å². The summed E-state index contributed by atoms with van der Waals surface area (Å²) in [4.78, 5) is 31.3. The van der Waals surface area contributed by atoms with E-state index in [1.165, 1.54) is 18.5 Å². The van der Waals surface area contributed by atoms with Gasteiger partial charge in [0.25, 0.3) is 0 Å². The Morgan fingerprint density at radius 1 is 1.10 bits per heavy atom. The standard InChI is InChI=1S/C13H7Cl2FN2O2/c14-7-2-3-8(16)12(15)11(7)9(19)6-10(20)13-17-4-1-5-18-13/h1-5H,6H2. The molecule has 0 radical (unpaired) electrons. The molecule has 0 aliphatic heterocycles. The van der Waals surface area contributed by atoms with Crippen LogP contribution in [0.25, 0.3) is 0 Å². The van der Waals surface area contributed by atoms with E-state index in [9.17, 15) is 14.0 Å². The van der Waals surface area contributed by atoms with Crippen LogP contribution in [0.5, 0.6) is 0 Å². The number of nitrogens with zero attached hydrogens (tertiary/aromatic N) is 2. The third-order valence-corrected chi connectivity index (χ3v) is 3.14. The largest absolute Gasteiger partial charge is 0.294 e. The number of Topliss-reactive ketones (excluding diaryl/α,β-unsaturated/α-hetero) is 2. The van der Waals surface area contributed by atoms with Gasteiger partial charge in [0.05, 0.1) is 22.0 Å². The minimum atomic E-state index is -0.775. The molecule has 4 nitrogen and oxygen atoms in total. The van der Waals surface area contributed by atoms with Gasteiger partial charge in [-0.1, -0.05) is 23.2 Å². The van der Waals surface area contributed by atoms with E-state index < -0.39 is 28.8 Å². The molecular formula is C13H7Cl2FN2O2. The molecule has 0 fully saturated rings. The maximum atomic E-state index is 13.3. The van der Waals surface area contributed by atoms with Gasteiger partial charge in [0.1, 0.15) is 5.82 Å². The van der Waals surface area contributed by atoms with Crippen LogP contribution in [0, 0.1) is 5.82 Å². The predicted octanol–water partition coefficient (Wildman–Crippen LogP) is 3.38. The molecule has 2 rings (SSSR count). The SMILES string of the molecule is O=C(CC(=O)c1c(Cl)ccc(F)c1Cl)c1ncccn1. The van der Waals surface area contributed by atoms with Gasteiger partial charge < -0.3 is 0 Å². The molecule has 2 aromatic rings. The lowest BCUT2D eigenvalue weighted by Gasteiger charge is -2.06. The fraction of sp³-hybridized carbons (Fsp3) is 0.0769. The van der Waals surface area contributed by atoms with Crippen LogP contribution >= 0.6 is 23.2 Å². The van der Waals surface area contributed by atoms with Crippen molar-refractivity contribution in [3.05, 3.63) is 57.8 Å². The molecule has 0 unspecified atom stereocenters. The summed E-state index contributed by atoms with van der Waals surface area (Å²) >= 11 is 11.5. The highest BCUT2D eigenvalue weighted by atomic mass is 35.5. The number of halogens is 3. The molecule has 0 aliphatic carbocycles. The Morgan fingerprint density at radius 3 is 2.40 bits per heavy atom. The molecule has 0 N–H and O–H groups in total. The van der Waals surface area contributed by atoms with Crippen LogP contribution in [0.15, 0.2) is 30.6 Å². The number of carbonyl (C=O) groups excluding carboxylic acids is 2. The molecule has 1 aromatic heterocycles. The minimum absolute atomic E-state index is 0.0109. The van der Waals surface area contributed by atoms with E-state index >= 15 is 0 Å². The zero-order chi connectivity index (χ0) is 14.7. The van der Waals surface area contributed by atoms with E-state index in [1.807, 2.05) is 0 Å². The number of hydrogen-bond donors (Lipinski definition) is 0. The summed E-state index contributed by atoms with van der Waals surface area (Å²) in [6.45, 7) is 0. The Kier molecular flexibility index (Phi) is 4.42. The van der Waals surface area contributed by atoms with E-state index in [4.69, 9.17) is 23.2 Å². The van der Waals surface area contributed by atoms with Crippen molar-refractivity contribution in [3.63, 3.8) is 0 Å². The second kappa shape index (κ2) is 6.07. The number of aromatic nitrogens is 2. The van der Waals surface area contributed by atoms with E-state index in [0.29, 0.717) is 0 Å². The molecule has 1 heterocycles. The molecule has 0 aliphatic rings. The van der Waals surface area contributed by atoms with Gasteiger partial charge in [-0.05, 0) is 18.2 Å². The number of ketones is 2. The average Bonchev–Trinajstić information content (AvgIpc) is 2.44. The van der Waals surface area contributed by atoms with Gasteiger partial charge in [-0.2, -0.15) is 0 Å². The average molecular weight is 313 g/mol. The summed E-state index contributed by atoms with van der Waals surface area (Å²) in [5.74, 6) is -2.14. The molecule has 20 heavy (non-hydrogen) atoms. The predicted molar refractivity (Wildman–Crippen MR) is 71.7 cm³/mol. The lowest BCUT2D eigenvalue weighted by atomic mass is 10.1. The van der Waals surface area contributed by atoms with Gasteiger partial charge in [0.15, 0.2) is 11.6 Å².